The summed E-state index contributed by atoms with van der Waals surface area (Å²) in [5.74, 6) is 2.76. The molecule has 1 N–H and O–H groups in total. The summed E-state index contributed by atoms with van der Waals surface area (Å²) in [6.07, 6.45) is 10.3. The molecule has 30 heavy (non-hydrogen) atoms. The number of aromatic nitrogens is 1. The minimum Gasteiger partial charge on any atom is -0.370 e. The Hall–Kier alpha value is -2.75. The summed E-state index contributed by atoms with van der Waals surface area (Å²) in [5.41, 5.74) is 6.33. The van der Waals surface area contributed by atoms with Crippen LogP contribution in [0, 0.1) is 0 Å². The molecule has 5 rings (SSSR count). The third-order valence-electron chi connectivity index (χ3n) is 6.65. The van der Waals surface area contributed by atoms with Crippen LogP contribution in [0.15, 0.2) is 55.9 Å². The van der Waals surface area contributed by atoms with Gasteiger partial charge in [0.05, 0.1) is 0 Å². The Balaban J connectivity index is 1.28. The molecule has 4 heteroatoms. The highest BCUT2D eigenvalue weighted by Gasteiger charge is 2.32. The topological polar surface area (TPSA) is 31.4 Å². The van der Waals surface area contributed by atoms with E-state index in [-0.39, 0.29) is 0 Å². The predicted octanol–water partition coefficient (Wildman–Crippen LogP) is 5.57. The molecule has 3 aliphatic rings. The monoisotopic (exact) mass is 400 g/mol. The average Bonchev–Trinajstić information content (AvgIpc) is 3.67. The van der Waals surface area contributed by atoms with Crippen LogP contribution in [0.1, 0.15) is 60.6 Å². The minimum absolute atomic E-state index is 0.739. The first-order chi connectivity index (χ1) is 14.7. The summed E-state index contributed by atoms with van der Waals surface area (Å²) >= 11 is 0. The van der Waals surface area contributed by atoms with Crippen LogP contribution in [0.25, 0.3) is 5.70 Å². The number of hydrogen-bond acceptors (Lipinski definition) is 4. The Bertz CT molecular complexity index is 925. The number of rotatable bonds is 7. The number of nitrogens with zero attached hydrogens (tertiary/aromatic N) is 3. The fourth-order valence-electron chi connectivity index (χ4n) is 4.55. The molecule has 2 saturated carbocycles. The van der Waals surface area contributed by atoms with Crippen molar-refractivity contribution in [3.8, 4) is 0 Å². The molecule has 1 aromatic heterocycles. The van der Waals surface area contributed by atoms with Crippen molar-refractivity contribution in [2.75, 3.05) is 36.4 Å². The molecule has 0 bridgehead atoms. The van der Waals surface area contributed by atoms with Crippen LogP contribution in [-0.4, -0.2) is 36.1 Å². The van der Waals surface area contributed by atoms with Gasteiger partial charge in [-0.25, -0.2) is 4.98 Å². The van der Waals surface area contributed by atoms with E-state index in [1.54, 1.807) is 6.20 Å². The van der Waals surface area contributed by atoms with Gasteiger partial charge in [-0.15, -0.1) is 0 Å². The van der Waals surface area contributed by atoms with E-state index in [2.05, 4.69) is 64.8 Å². The van der Waals surface area contributed by atoms with E-state index in [1.165, 1.54) is 48.2 Å². The molecule has 2 aromatic rings. The highest BCUT2D eigenvalue weighted by molar-refractivity contribution is 5.64. The lowest BCUT2D eigenvalue weighted by Crippen LogP contribution is -2.31. The van der Waals surface area contributed by atoms with Crippen molar-refractivity contribution in [3.05, 3.63) is 72.6 Å². The molecule has 1 saturated heterocycles. The van der Waals surface area contributed by atoms with Crippen molar-refractivity contribution in [1.29, 1.82) is 0 Å². The standard InChI is InChI=1S/C26H32N4/c1-3-27-24-11-9-20(10-12-24)19(2)29-13-4-14-30(16-15-29)26-25(22-7-8-22)17-23(18-28-26)21-5-6-21/h3,9-12,17-18,21-22,27H,1-2,4-8,13-16H2. The number of anilines is 2. The van der Waals surface area contributed by atoms with Crippen LogP contribution in [0.4, 0.5) is 11.5 Å². The average molecular weight is 401 g/mol. The first-order valence-corrected chi connectivity index (χ1v) is 11.4. The highest BCUT2D eigenvalue weighted by atomic mass is 15.3. The second kappa shape index (κ2) is 8.17. The van der Waals surface area contributed by atoms with Gasteiger partial charge in [-0.3, -0.25) is 0 Å². The summed E-state index contributed by atoms with van der Waals surface area (Å²) in [4.78, 5) is 9.95. The summed E-state index contributed by atoms with van der Waals surface area (Å²) in [7, 11) is 0. The van der Waals surface area contributed by atoms with Gasteiger partial charge in [0.25, 0.3) is 0 Å². The van der Waals surface area contributed by atoms with Crippen LogP contribution in [0.2, 0.25) is 0 Å². The largest absolute Gasteiger partial charge is 0.370 e. The Labute approximate surface area is 180 Å². The van der Waals surface area contributed by atoms with Gasteiger partial charge in [0.1, 0.15) is 5.82 Å². The van der Waals surface area contributed by atoms with Crippen molar-refractivity contribution >= 4 is 17.2 Å². The predicted molar refractivity (Wildman–Crippen MR) is 126 cm³/mol. The van der Waals surface area contributed by atoms with Crippen molar-refractivity contribution in [1.82, 2.24) is 9.88 Å². The Morgan fingerprint density at radius 2 is 1.77 bits per heavy atom. The highest BCUT2D eigenvalue weighted by Crippen LogP contribution is 2.47. The van der Waals surface area contributed by atoms with Crippen LogP contribution < -0.4 is 10.2 Å². The minimum atomic E-state index is 0.739. The maximum atomic E-state index is 4.99. The second-order valence-corrected chi connectivity index (χ2v) is 8.93. The van der Waals surface area contributed by atoms with Crippen molar-refractivity contribution < 1.29 is 0 Å². The molecule has 0 spiro atoms. The smallest absolute Gasteiger partial charge is 0.132 e. The van der Waals surface area contributed by atoms with E-state index in [0.717, 1.165) is 55.8 Å². The van der Waals surface area contributed by atoms with Gasteiger partial charge in [-0.1, -0.05) is 31.4 Å². The maximum Gasteiger partial charge on any atom is 0.132 e. The summed E-state index contributed by atoms with van der Waals surface area (Å²) in [5, 5.41) is 3.13. The van der Waals surface area contributed by atoms with Gasteiger partial charge in [-0.2, -0.15) is 0 Å². The van der Waals surface area contributed by atoms with Gasteiger partial charge >= 0.3 is 0 Å². The zero-order valence-corrected chi connectivity index (χ0v) is 17.8. The van der Waals surface area contributed by atoms with Crippen molar-refractivity contribution in [2.24, 2.45) is 0 Å². The number of pyridine rings is 1. The lowest BCUT2D eigenvalue weighted by molar-refractivity contribution is 0.426. The molecule has 3 fully saturated rings. The van der Waals surface area contributed by atoms with E-state index in [0.29, 0.717) is 0 Å². The van der Waals surface area contributed by atoms with E-state index in [9.17, 15) is 0 Å². The zero-order chi connectivity index (χ0) is 20.5. The molecule has 1 aromatic carbocycles. The molecule has 2 aliphatic carbocycles. The summed E-state index contributed by atoms with van der Waals surface area (Å²) < 4.78 is 0. The van der Waals surface area contributed by atoms with E-state index >= 15 is 0 Å². The van der Waals surface area contributed by atoms with Gasteiger partial charge in [-0.05, 0) is 79.0 Å². The molecule has 0 amide bonds. The van der Waals surface area contributed by atoms with Gasteiger partial charge in [0, 0.05) is 43.8 Å². The first-order valence-electron chi connectivity index (χ1n) is 11.4. The fraction of sp³-hybridized carbons (Fsp3) is 0.423. The van der Waals surface area contributed by atoms with Gasteiger partial charge in [0.15, 0.2) is 0 Å². The molecule has 0 radical (unpaired) electrons. The molecule has 0 unspecified atom stereocenters. The molecule has 1 aliphatic heterocycles. The zero-order valence-electron chi connectivity index (χ0n) is 17.8. The van der Waals surface area contributed by atoms with Crippen LogP contribution in [-0.2, 0) is 0 Å². The van der Waals surface area contributed by atoms with Crippen molar-refractivity contribution in [3.63, 3.8) is 0 Å². The van der Waals surface area contributed by atoms with Gasteiger partial charge < -0.3 is 15.1 Å². The summed E-state index contributed by atoms with van der Waals surface area (Å²) in [6.45, 7) is 12.2. The number of benzene rings is 1. The van der Waals surface area contributed by atoms with Crippen molar-refractivity contribution in [2.45, 2.75) is 43.9 Å². The van der Waals surface area contributed by atoms with Gasteiger partial charge in [0.2, 0.25) is 0 Å². The van der Waals surface area contributed by atoms with Crippen LogP contribution in [0.3, 0.4) is 0 Å². The Morgan fingerprint density at radius 1 is 1.00 bits per heavy atom. The molecule has 4 nitrogen and oxygen atoms in total. The third kappa shape index (κ3) is 4.09. The maximum absolute atomic E-state index is 4.99. The molecule has 2 heterocycles. The SMILES string of the molecule is C=CNc1ccc(C(=C)N2CCCN(c3ncc(C4CC4)cc3C3CC3)CC2)cc1. The molecule has 156 valence electrons. The lowest BCUT2D eigenvalue weighted by atomic mass is 10.1. The molecular formula is C26H32N4. The lowest BCUT2D eigenvalue weighted by Gasteiger charge is -2.27. The quantitative estimate of drug-likeness (QED) is 0.658. The van der Waals surface area contributed by atoms with E-state index in [4.69, 9.17) is 4.98 Å². The summed E-state index contributed by atoms with van der Waals surface area (Å²) in [6, 6.07) is 10.9. The van der Waals surface area contributed by atoms with Crippen LogP contribution >= 0.6 is 0 Å². The number of hydrogen-bond donors (Lipinski definition) is 1. The van der Waals surface area contributed by atoms with E-state index in [1.807, 2.05) is 0 Å². The molecular weight excluding hydrogens is 368 g/mol. The molecule has 0 atom stereocenters. The van der Waals surface area contributed by atoms with E-state index < -0.39 is 0 Å². The second-order valence-electron chi connectivity index (χ2n) is 8.93. The number of nitrogens with one attached hydrogen (secondary N) is 1. The fourth-order valence-corrected chi connectivity index (χ4v) is 4.55. The normalized spacial score (nSPS) is 19.3. The first kappa shape index (κ1) is 19.2. The van der Waals surface area contributed by atoms with Crippen LogP contribution in [0.5, 0.6) is 0 Å². The Kier molecular flexibility index (Phi) is 5.24. The third-order valence-corrected chi connectivity index (χ3v) is 6.65. The Morgan fingerprint density at radius 3 is 2.47 bits per heavy atom.